The molecule has 3 unspecified atom stereocenters. The molecule has 1 aliphatic carbocycles. The van der Waals surface area contributed by atoms with Gasteiger partial charge in [0.15, 0.2) is 0 Å². The van der Waals surface area contributed by atoms with Gasteiger partial charge >= 0.3 is 0 Å². The van der Waals surface area contributed by atoms with Gasteiger partial charge in [-0.15, -0.1) is 12.4 Å². The Balaban J connectivity index is 0.00000133. The van der Waals surface area contributed by atoms with Crippen LogP contribution in [0.1, 0.15) is 29.5 Å². The standard InChI is InChI=1S/C16H16BrN.ClH/c17-15-9-5-4-8-12(15)16(18)14-10-13(14)11-6-2-1-3-7-11;/h1-9,13-14,16H,10,18H2;1H. The van der Waals surface area contributed by atoms with Crippen molar-refractivity contribution in [3.05, 3.63) is 70.2 Å². The van der Waals surface area contributed by atoms with Gasteiger partial charge in [0.25, 0.3) is 0 Å². The molecule has 1 nitrogen and oxygen atoms in total. The van der Waals surface area contributed by atoms with Crippen LogP contribution in [0.25, 0.3) is 0 Å². The van der Waals surface area contributed by atoms with Gasteiger partial charge in [0, 0.05) is 10.5 Å². The lowest BCUT2D eigenvalue weighted by Crippen LogP contribution is -2.14. The lowest BCUT2D eigenvalue weighted by Gasteiger charge is -2.13. The average Bonchev–Trinajstić information content (AvgIpc) is 3.20. The maximum absolute atomic E-state index is 6.40. The largest absolute Gasteiger partial charge is 0.324 e. The number of halogens is 2. The predicted molar refractivity (Wildman–Crippen MR) is 85.6 cm³/mol. The van der Waals surface area contributed by atoms with Crippen LogP contribution in [0.15, 0.2) is 59.1 Å². The highest BCUT2D eigenvalue weighted by Gasteiger charge is 2.43. The van der Waals surface area contributed by atoms with E-state index < -0.39 is 0 Å². The fourth-order valence-corrected chi connectivity index (χ4v) is 3.22. The van der Waals surface area contributed by atoms with E-state index in [4.69, 9.17) is 5.73 Å². The third-order valence-corrected chi connectivity index (χ3v) is 4.52. The molecule has 1 aliphatic rings. The quantitative estimate of drug-likeness (QED) is 0.864. The summed E-state index contributed by atoms with van der Waals surface area (Å²) in [4.78, 5) is 0. The second kappa shape index (κ2) is 6.08. The Morgan fingerprint density at radius 3 is 2.32 bits per heavy atom. The number of hydrogen-bond donors (Lipinski definition) is 1. The van der Waals surface area contributed by atoms with E-state index in [1.807, 2.05) is 6.07 Å². The summed E-state index contributed by atoms with van der Waals surface area (Å²) < 4.78 is 1.12. The van der Waals surface area contributed by atoms with E-state index in [2.05, 4.69) is 64.5 Å². The van der Waals surface area contributed by atoms with Crippen molar-refractivity contribution in [2.45, 2.75) is 18.4 Å². The van der Waals surface area contributed by atoms with Crippen molar-refractivity contribution >= 4 is 28.3 Å². The number of benzene rings is 2. The van der Waals surface area contributed by atoms with E-state index in [-0.39, 0.29) is 18.4 Å². The lowest BCUT2D eigenvalue weighted by atomic mass is 10.00. The molecule has 3 atom stereocenters. The molecule has 0 radical (unpaired) electrons. The zero-order chi connectivity index (χ0) is 12.5. The normalized spacial score (nSPS) is 22.4. The molecule has 0 saturated heterocycles. The summed E-state index contributed by atoms with van der Waals surface area (Å²) >= 11 is 3.59. The Morgan fingerprint density at radius 1 is 1.00 bits per heavy atom. The third kappa shape index (κ3) is 3.02. The first-order valence-corrected chi connectivity index (χ1v) is 7.11. The summed E-state index contributed by atoms with van der Waals surface area (Å²) in [6.07, 6.45) is 1.20. The molecular formula is C16H17BrClN. The Morgan fingerprint density at radius 2 is 1.63 bits per heavy atom. The SMILES string of the molecule is Cl.NC(c1ccccc1Br)C1CC1c1ccccc1. The predicted octanol–water partition coefficient (Wildman–Crippen LogP) is 4.67. The van der Waals surface area contributed by atoms with Gasteiger partial charge in [-0.05, 0) is 35.4 Å². The maximum atomic E-state index is 6.40. The molecule has 0 amide bonds. The Labute approximate surface area is 128 Å². The zero-order valence-electron chi connectivity index (χ0n) is 10.5. The topological polar surface area (TPSA) is 26.0 Å². The number of nitrogens with two attached hydrogens (primary N) is 1. The van der Waals surface area contributed by atoms with Crippen molar-refractivity contribution in [2.24, 2.45) is 11.7 Å². The highest BCUT2D eigenvalue weighted by Crippen LogP contribution is 2.53. The van der Waals surface area contributed by atoms with Crippen molar-refractivity contribution < 1.29 is 0 Å². The summed E-state index contributed by atoms with van der Waals surface area (Å²) in [5.41, 5.74) is 9.04. The molecule has 0 spiro atoms. The monoisotopic (exact) mass is 337 g/mol. The Hall–Kier alpha value is -0.830. The lowest BCUT2D eigenvalue weighted by molar-refractivity contribution is 0.613. The van der Waals surface area contributed by atoms with E-state index in [9.17, 15) is 0 Å². The van der Waals surface area contributed by atoms with E-state index in [1.165, 1.54) is 17.5 Å². The van der Waals surface area contributed by atoms with Crippen molar-refractivity contribution in [3.63, 3.8) is 0 Å². The number of rotatable bonds is 3. The molecule has 1 fully saturated rings. The van der Waals surface area contributed by atoms with E-state index in [0.717, 1.165) is 4.47 Å². The molecule has 0 aromatic heterocycles. The fourth-order valence-electron chi connectivity index (χ4n) is 2.67. The van der Waals surface area contributed by atoms with Crippen LogP contribution in [-0.2, 0) is 0 Å². The Kier molecular flexibility index (Phi) is 4.67. The first kappa shape index (κ1) is 14.6. The molecule has 2 aromatic rings. The minimum Gasteiger partial charge on any atom is -0.324 e. The fraction of sp³-hybridized carbons (Fsp3) is 0.250. The summed E-state index contributed by atoms with van der Waals surface area (Å²) in [7, 11) is 0. The van der Waals surface area contributed by atoms with Crippen LogP contribution in [0.3, 0.4) is 0 Å². The van der Waals surface area contributed by atoms with Gasteiger partial charge in [0.05, 0.1) is 0 Å². The van der Waals surface area contributed by atoms with Gasteiger partial charge in [0.2, 0.25) is 0 Å². The van der Waals surface area contributed by atoms with Crippen molar-refractivity contribution in [3.8, 4) is 0 Å². The molecule has 0 bridgehead atoms. The molecule has 1 saturated carbocycles. The van der Waals surface area contributed by atoms with Crippen LogP contribution >= 0.6 is 28.3 Å². The summed E-state index contributed by atoms with van der Waals surface area (Å²) in [6, 6.07) is 19.1. The zero-order valence-corrected chi connectivity index (χ0v) is 12.9. The van der Waals surface area contributed by atoms with Crippen molar-refractivity contribution in [1.82, 2.24) is 0 Å². The molecule has 19 heavy (non-hydrogen) atoms. The minimum atomic E-state index is 0. The van der Waals surface area contributed by atoms with Crippen LogP contribution in [-0.4, -0.2) is 0 Å². The van der Waals surface area contributed by atoms with Crippen molar-refractivity contribution in [1.29, 1.82) is 0 Å². The average molecular weight is 339 g/mol. The van der Waals surface area contributed by atoms with Gasteiger partial charge < -0.3 is 5.73 Å². The van der Waals surface area contributed by atoms with Gasteiger partial charge in [-0.3, -0.25) is 0 Å². The molecule has 3 rings (SSSR count). The summed E-state index contributed by atoms with van der Waals surface area (Å²) in [6.45, 7) is 0. The van der Waals surface area contributed by atoms with Crippen LogP contribution in [0, 0.1) is 5.92 Å². The Bertz CT molecular complexity index is 543. The molecule has 0 aliphatic heterocycles. The van der Waals surface area contributed by atoms with Crippen LogP contribution in [0.5, 0.6) is 0 Å². The van der Waals surface area contributed by atoms with Gasteiger partial charge in [-0.2, -0.15) is 0 Å². The van der Waals surface area contributed by atoms with Gasteiger partial charge in [-0.25, -0.2) is 0 Å². The first-order valence-electron chi connectivity index (χ1n) is 6.32. The highest BCUT2D eigenvalue weighted by molar-refractivity contribution is 9.10. The van der Waals surface area contributed by atoms with Crippen LogP contribution in [0.2, 0.25) is 0 Å². The molecule has 2 N–H and O–H groups in total. The number of hydrogen-bond acceptors (Lipinski definition) is 1. The highest BCUT2D eigenvalue weighted by atomic mass is 79.9. The van der Waals surface area contributed by atoms with E-state index in [0.29, 0.717) is 11.8 Å². The molecule has 3 heteroatoms. The van der Waals surface area contributed by atoms with Gasteiger partial charge in [0.1, 0.15) is 0 Å². The van der Waals surface area contributed by atoms with E-state index >= 15 is 0 Å². The molecule has 100 valence electrons. The first-order chi connectivity index (χ1) is 8.77. The minimum absolute atomic E-state index is 0. The molecule has 2 aromatic carbocycles. The maximum Gasteiger partial charge on any atom is 0.0340 e. The second-order valence-corrected chi connectivity index (χ2v) is 5.82. The second-order valence-electron chi connectivity index (χ2n) is 4.96. The van der Waals surface area contributed by atoms with Crippen LogP contribution < -0.4 is 5.73 Å². The van der Waals surface area contributed by atoms with E-state index in [1.54, 1.807) is 0 Å². The third-order valence-electron chi connectivity index (χ3n) is 3.79. The molecular weight excluding hydrogens is 322 g/mol. The molecule has 0 heterocycles. The van der Waals surface area contributed by atoms with Crippen LogP contribution in [0.4, 0.5) is 0 Å². The van der Waals surface area contributed by atoms with Gasteiger partial charge in [-0.1, -0.05) is 64.5 Å². The smallest absolute Gasteiger partial charge is 0.0340 e. The summed E-state index contributed by atoms with van der Waals surface area (Å²) in [5, 5.41) is 0. The summed E-state index contributed by atoms with van der Waals surface area (Å²) in [5.74, 6) is 1.21. The van der Waals surface area contributed by atoms with Crippen molar-refractivity contribution in [2.75, 3.05) is 0 Å².